The number of aryl methyl sites for hydroxylation is 2. The van der Waals surface area contributed by atoms with Crippen molar-refractivity contribution in [3.05, 3.63) is 59.7 Å². The monoisotopic (exact) mass is 454 g/mol. The van der Waals surface area contributed by atoms with E-state index in [0.717, 1.165) is 11.1 Å². The van der Waals surface area contributed by atoms with E-state index in [1.165, 1.54) is 0 Å². The Morgan fingerprint density at radius 3 is 1.79 bits per heavy atom. The molecule has 1 aliphatic rings. The molecule has 5 nitrogen and oxygen atoms in total. The first-order valence-electron chi connectivity index (χ1n) is 9.64. The fraction of sp³-hybridized carbons (Fsp3) is 0.429. The third-order valence-electron chi connectivity index (χ3n) is 4.95. The van der Waals surface area contributed by atoms with Crippen molar-refractivity contribution in [1.82, 2.24) is 0 Å². The van der Waals surface area contributed by atoms with Crippen molar-refractivity contribution in [2.45, 2.75) is 53.6 Å². The molecule has 4 atom stereocenters. The Morgan fingerprint density at radius 1 is 0.897 bits per heavy atom. The fourth-order valence-electron chi connectivity index (χ4n) is 3.33. The van der Waals surface area contributed by atoms with Crippen LogP contribution < -0.4 is 0 Å². The molecule has 0 saturated heterocycles. The lowest BCUT2D eigenvalue weighted by atomic mass is 10.2. The van der Waals surface area contributed by atoms with E-state index in [-0.39, 0.29) is 19.6 Å². The molecule has 0 radical (unpaired) electrons. The minimum atomic E-state index is -3.78. The number of rotatable bonds is 9. The molecule has 0 amide bonds. The van der Waals surface area contributed by atoms with Crippen molar-refractivity contribution in [3.8, 4) is 0 Å². The maximum Gasteiger partial charge on any atom is 0.350 e. The lowest BCUT2D eigenvalue weighted by Gasteiger charge is -2.26. The molecule has 3 rings (SSSR count). The number of hydrogen-bond acceptors (Lipinski definition) is 5. The molecule has 29 heavy (non-hydrogen) atoms. The van der Waals surface area contributed by atoms with Crippen molar-refractivity contribution in [2.24, 2.45) is 0 Å². The highest BCUT2D eigenvalue weighted by molar-refractivity contribution is 7.98. The van der Waals surface area contributed by atoms with Crippen LogP contribution in [0.3, 0.4) is 0 Å². The van der Waals surface area contributed by atoms with Gasteiger partial charge in [0.05, 0.1) is 40.1 Å². The molecule has 0 aliphatic heterocycles. The topological polar surface area (TPSA) is 69.7 Å². The fourth-order valence-corrected chi connectivity index (χ4v) is 11.0. The highest BCUT2D eigenvalue weighted by Gasteiger charge is 2.74. The highest BCUT2D eigenvalue weighted by Crippen LogP contribution is 2.75. The van der Waals surface area contributed by atoms with Crippen LogP contribution in [0.1, 0.15) is 31.4 Å². The molecule has 0 N–H and O–H groups in total. The molecule has 1 aliphatic carbocycles. The van der Waals surface area contributed by atoms with Gasteiger partial charge in [-0.25, -0.2) is 0 Å². The van der Waals surface area contributed by atoms with Gasteiger partial charge in [0, 0.05) is 9.79 Å². The van der Waals surface area contributed by atoms with Gasteiger partial charge in [-0.05, 0) is 58.4 Å². The number of hydrogen-bond donors (Lipinski definition) is 0. The molecule has 1 saturated carbocycles. The van der Waals surface area contributed by atoms with Crippen LogP contribution in [-0.2, 0) is 35.2 Å². The van der Waals surface area contributed by atoms with Crippen molar-refractivity contribution in [1.29, 1.82) is 0 Å². The molecular weight excluding hydrogens is 427 g/mol. The maximum absolute atomic E-state index is 13.8. The first-order chi connectivity index (χ1) is 13.8. The van der Waals surface area contributed by atoms with Crippen LogP contribution >= 0.6 is 7.60 Å². The van der Waals surface area contributed by atoms with E-state index in [9.17, 15) is 13.0 Å². The standard InChI is InChI=1S/C21H27O5PS2/c1-5-25-27(22,26-6-2)21(29(24)19-13-9-17(4)10-14-19)15-20(21)28(23)18-11-7-16(3)8-12-18/h7-14,20H,5-6,15H2,1-4H3/t20-,21-,28?,29?/m1/s1. The van der Waals surface area contributed by atoms with Crippen LogP contribution in [0, 0.1) is 13.8 Å². The summed E-state index contributed by atoms with van der Waals surface area (Å²) in [4.78, 5) is 1.17. The minimum absolute atomic E-state index is 0.161. The largest absolute Gasteiger partial charge is 0.350 e. The minimum Gasteiger partial charge on any atom is -0.308 e. The average Bonchev–Trinajstić information content (AvgIpc) is 3.46. The average molecular weight is 455 g/mol. The number of benzene rings is 2. The predicted octanol–water partition coefficient (Wildman–Crippen LogP) is 4.95. The van der Waals surface area contributed by atoms with Gasteiger partial charge < -0.3 is 9.05 Å². The lowest BCUT2D eigenvalue weighted by molar-refractivity contribution is 0.216. The van der Waals surface area contributed by atoms with E-state index in [1.807, 2.05) is 38.1 Å². The molecule has 2 unspecified atom stereocenters. The van der Waals surface area contributed by atoms with Gasteiger partial charge in [-0.15, -0.1) is 0 Å². The molecule has 0 aromatic heterocycles. The van der Waals surface area contributed by atoms with E-state index in [4.69, 9.17) is 9.05 Å². The van der Waals surface area contributed by atoms with E-state index < -0.39 is 38.9 Å². The molecule has 0 spiro atoms. The third-order valence-corrected chi connectivity index (χ3v) is 12.7. The van der Waals surface area contributed by atoms with Crippen LogP contribution in [0.25, 0.3) is 0 Å². The van der Waals surface area contributed by atoms with Gasteiger partial charge in [0.1, 0.15) is 0 Å². The second kappa shape index (κ2) is 8.94. The van der Waals surface area contributed by atoms with Gasteiger partial charge in [0.2, 0.25) is 0 Å². The van der Waals surface area contributed by atoms with Gasteiger partial charge in [-0.2, -0.15) is 0 Å². The van der Waals surface area contributed by atoms with Crippen molar-refractivity contribution in [3.63, 3.8) is 0 Å². The Labute approximate surface area is 177 Å². The van der Waals surface area contributed by atoms with Crippen LogP contribution in [0.15, 0.2) is 58.3 Å². The first-order valence-corrected chi connectivity index (χ1v) is 13.5. The summed E-state index contributed by atoms with van der Waals surface area (Å²) in [6.45, 7) is 7.67. The SMILES string of the molecule is CCOP(=O)(OCC)[C@@]1(S(=O)c2ccc(C)cc2)C[C@H]1S(=O)c1ccc(C)cc1. The molecule has 0 heterocycles. The van der Waals surface area contributed by atoms with Crippen LogP contribution in [0.5, 0.6) is 0 Å². The van der Waals surface area contributed by atoms with Crippen molar-refractivity contribution >= 4 is 29.2 Å². The summed E-state index contributed by atoms with van der Waals surface area (Å²) in [7, 11) is -6.96. The first kappa shape index (κ1) is 22.6. The van der Waals surface area contributed by atoms with Gasteiger partial charge in [-0.3, -0.25) is 13.0 Å². The van der Waals surface area contributed by atoms with Crippen molar-refractivity contribution < 1.29 is 22.0 Å². The Hall–Kier alpha value is -1.11. The molecule has 2 aromatic rings. The summed E-state index contributed by atoms with van der Waals surface area (Å²) in [5, 5.41) is -0.573. The Bertz CT molecular complexity index is 948. The van der Waals surface area contributed by atoms with Gasteiger partial charge >= 0.3 is 7.60 Å². The summed E-state index contributed by atoms with van der Waals surface area (Å²) < 4.78 is 50.7. The zero-order valence-corrected chi connectivity index (χ0v) is 19.6. The molecule has 1 fully saturated rings. The van der Waals surface area contributed by atoms with Gasteiger partial charge in [0.15, 0.2) is 4.49 Å². The quantitative estimate of drug-likeness (QED) is 0.501. The zero-order chi connectivity index (χ0) is 21.2. The Morgan fingerprint density at radius 2 is 1.34 bits per heavy atom. The summed E-state index contributed by atoms with van der Waals surface area (Å²) in [5.41, 5.74) is 2.10. The van der Waals surface area contributed by atoms with Crippen LogP contribution in [-0.4, -0.2) is 31.4 Å². The molecular formula is C21H27O5PS2. The summed E-state index contributed by atoms with van der Waals surface area (Å²) in [6, 6.07) is 14.6. The predicted molar refractivity (Wildman–Crippen MR) is 117 cm³/mol. The molecule has 0 bridgehead atoms. The Kier molecular flexibility index (Phi) is 6.96. The summed E-state index contributed by atoms with van der Waals surface area (Å²) in [6.07, 6.45) is 0.255. The second-order valence-corrected chi connectivity index (χ2v) is 13.0. The van der Waals surface area contributed by atoms with Crippen LogP contribution in [0.2, 0.25) is 0 Å². The highest BCUT2D eigenvalue weighted by atomic mass is 32.2. The lowest BCUT2D eigenvalue weighted by Crippen LogP contribution is -2.27. The second-order valence-electron chi connectivity index (χ2n) is 7.06. The third kappa shape index (κ3) is 4.21. The summed E-state index contributed by atoms with van der Waals surface area (Å²) >= 11 is 0. The Balaban J connectivity index is 2.05. The normalized spacial score (nSPS) is 23.5. The molecule has 8 heteroatoms. The van der Waals surface area contributed by atoms with Crippen LogP contribution in [0.4, 0.5) is 0 Å². The molecule has 158 valence electrons. The van der Waals surface area contributed by atoms with E-state index in [2.05, 4.69) is 0 Å². The maximum atomic E-state index is 13.8. The van der Waals surface area contributed by atoms with Gasteiger partial charge in [0.25, 0.3) is 0 Å². The van der Waals surface area contributed by atoms with Crippen molar-refractivity contribution in [2.75, 3.05) is 13.2 Å². The smallest absolute Gasteiger partial charge is 0.308 e. The summed E-state index contributed by atoms with van der Waals surface area (Å²) in [5.74, 6) is 0. The van der Waals surface area contributed by atoms with E-state index in [1.54, 1.807) is 38.1 Å². The zero-order valence-electron chi connectivity index (χ0n) is 17.1. The van der Waals surface area contributed by atoms with E-state index in [0.29, 0.717) is 9.79 Å². The molecule has 2 aromatic carbocycles. The van der Waals surface area contributed by atoms with Gasteiger partial charge in [-0.1, -0.05) is 35.4 Å². The van der Waals surface area contributed by atoms with E-state index >= 15 is 0 Å².